The molecule has 0 saturated carbocycles. The molecule has 0 aromatic rings. The standard InChI is InChI=1S/C9H14O3/c1-7(5-10)8-3-4-9(11-2)12-6-8/h3-5,7-9H,6H2,1-2H3. The molecule has 3 heteroatoms. The summed E-state index contributed by atoms with van der Waals surface area (Å²) in [5.41, 5.74) is 0. The summed E-state index contributed by atoms with van der Waals surface area (Å²) >= 11 is 0. The maximum absolute atomic E-state index is 10.4. The molecule has 1 aliphatic rings. The van der Waals surface area contributed by atoms with Gasteiger partial charge in [0.2, 0.25) is 0 Å². The van der Waals surface area contributed by atoms with E-state index in [1.807, 2.05) is 19.1 Å². The van der Waals surface area contributed by atoms with Gasteiger partial charge in [-0.3, -0.25) is 0 Å². The van der Waals surface area contributed by atoms with Gasteiger partial charge in [0.05, 0.1) is 6.61 Å². The topological polar surface area (TPSA) is 35.5 Å². The Morgan fingerprint density at radius 2 is 2.42 bits per heavy atom. The van der Waals surface area contributed by atoms with Crippen LogP contribution >= 0.6 is 0 Å². The molecule has 0 amide bonds. The van der Waals surface area contributed by atoms with Crippen LogP contribution in [0.1, 0.15) is 6.92 Å². The average Bonchev–Trinajstić information content (AvgIpc) is 2.17. The molecule has 1 rings (SSSR count). The van der Waals surface area contributed by atoms with E-state index in [1.54, 1.807) is 7.11 Å². The van der Waals surface area contributed by atoms with Crippen molar-refractivity contribution in [3.8, 4) is 0 Å². The predicted molar refractivity (Wildman–Crippen MR) is 44.6 cm³/mol. The first-order valence-corrected chi connectivity index (χ1v) is 4.06. The molecule has 0 N–H and O–H groups in total. The Bertz CT molecular complexity index is 177. The fourth-order valence-electron chi connectivity index (χ4n) is 1.13. The zero-order chi connectivity index (χ0) is 8.97. The van der Waals surface area contributed by atoms with Crippen LogP contribution in [0.5, 0.6) is 0 Å². The van der Waals surface area contributed by atoms with Gasteiger partial charge in [-0.25, -0.2) is 0 Å². The van der Waals surface area contributed by atoms with Crippen molar-refractivity contribution >= 4 is 6.29 Å². The van der Waals surface area contributed by atoms with Crippen molar-refractivity contribution in [2.24, 2.45) is 11.8 Å². The largest absolute Gasteiger partial charge is 0.352 e. The Balaban J connectivity index is 2.47. The van der Waals surface area contributed by atoms with Crippen LogP contribution in [-0.2, 0) is 14.3 Å². The van der Waals surface area contributed by atoms with Crippen LogP contribution in [0.4, 0.5) is 0 Å². The minimum absolute atomic E-state index is 0.0269. The number of carbonyl (C=O) groups excluding carboxylic acids is 1. The van der Waals surface area contributed by atoms with Crippen molar-refractivity contribution in [2.75, 3.05) is 13.7 Å². The van der Waals surface area contributed by atoms with Gasteiger partial charge >= 0.3 is 0 Å². The first-order valence-electron chi connectivity index (χ1n) is 4.06. The predicted octanol–water partition coefficient (Wildman–Crippen LogP) is 0.997. The molecule has 0 aromatic heterocycles. The van der Waals surface area contributed by atoms with E-state index >= 15 is 0 Å². The molecule has 3 atom stereocenters. The van der Waals surface area contributed by atoms with Crippen LogP contribution < -0.4 is 0 Å². The highest BCUT2D eigenvalue weighted by Crippen LogP contribution is 2.17. The summed E-state index contributed by atoms with van der Waals surface area (Å²) in [4.78, 5) is 10.4. The van der Waals surface area contributed by atoms with Gasteiger partial charge in [-0.15, -0.1) is 0 Å². The minimum Gasteiger partial charge on any atom is -0.352 e. The molecule has 68 valence electrons. The second-order valence-corrected chi connectivity index (χ2v) is 2.98. The molecule has 12 heavy (non-hydrogen) atoms. The number of ether oxygens (including phenoxy) is 2. The molecule has 3 unspecified atom stereocenters. The summed E-state index contributed by atoms with van der Waals surface area (Å²) in [7, 11) is 1.60. The van der Waals surface area contributed by atoms with Crippen LogP contribution in [0.25, 0.3) is 0 Å². The molecule has 0 saturated heterocycles. The molecule has 3 nitrogen and oxygen atoms in total. The highest BCUT2D eigenvalue weighted by Gasteiger charge is 2.19. The minimum atomic E-state index is -0.236. The van der Waals surface area contributed by atoms with Gasteiger partial charge in [-0.05, 0) is 6.08 Å². The lowest BCUT2D eigenvalue weighted by molar-refractivity contribution is -0.120. The van der Waals surface area contributed by atoms with Gasteiger partial charge in [0.25, 0.3) is 0 Å². The third-order valence-corrected chi connectivity index (χ3v) is 2.09. The van der Waals surface area contributed by atoms with Gasteiger partial charge in [-0.1, -0.05) is 13.0 Å². The maximum atomic E-state index is 10.4. The quantitative estimate of drug-likeness (QED) is 0.468. The van der Waals surface area contributed by atoms with Crippen molar-refractivity contribution in [3.05, 3.63) is 12.2 Å². The Labute approximate surface area is 72.4 Å². The summed E-state index contributed by atoms with van der Waals surface area (Å²) < 4.78 is 10.3. The molecular weight excluding hydrogens is 156 g/mol. The van der Waals surface area contributed by atoms with Gasteiger partial charge in [-0.2, -0.15) is 0 Å². The molecule has 1 heterocycles. The average molecular weight is 170 g/mol. The van der Waals surface area contributed by atoms with E-state index in [0.717, 1.165) is 6.29 Å². The lowest BCUT2D eigenvalue weighted by atomic mass is 9.95. The van der Waals surface area contributed by atoms with Crippen LogP contribution in [0.2, 0.25) is 0 Å². The van der Waals surface area contributed by atoms with E-state index in [1.165, 1.54) is 0 Å². The Morgan fingerprint density at radius 1 is 1.67 bits per heavy atom. The van der Waals surface area contributed by atoms with E-state index in [0.29, 0.717) is 6.61 Å². The van der Waals surface area contributed by atoms with Crippen LogP contribution in [0.3, 0.4) is 0 Å². The van der Waals surface area contributed by atoms with Gasteiger partial charge in [0.1, 0.15) is 6.29 Å². The zero-order valence-corrected chi connectivity index (χ0v) is 7.40. The fraction of sp³-hybridized carbons (Fsp3) is 0.667. The SMILES string of the molecule is COC1C=CC(C(C)C=O)CO1. The zero-order valence-electron chi connectivity index (χ0n) is 7.40. The molecule has 0 aliphatic carbocycles. The van der Waals surface area contributed by atoms with Crippen molar-refractivity contribution < 1.29 is 14.3 Å². The number of methoxy groups -OCH3 is 1. The van der Waals surface area contributed by atoms with E-state index in [2.05, 4.69) is 0 Å². The van der Waals surface area contributed by atoms with E-state index in [-0.39, 0.29) is 18.1 Å². The first kappa shape index (κ1) is 9.42. The van der Waals surface area contributed by atoms with Gasteiger partial charge in [0, 0.05) is 18.9 Å². The van der Waals surface area contributed by atoms with Crippen molar-refractivity contribution in [1.29, 1.82) is 0 Å². The smallest absolute Gasteiger partial charge is 0.176 e. The number of hydrogen-bond donors (Lipinski definition) is 0. The van der Waals surface area contributed by atoms with Crippen molar-refractivity contribution in [3.63, 3.8) is 0 Å². The molecule has 0 bridgehead atoms. The third kappa shape index (κ3) is 2.16. The van der Waals surface area contributed by atoms with Gasteiger partial charge in [0.15, 0.2) is 6.29 Å². The second kappa shape index (κ2) is 4.38. The second-order valence-electron chi connectivity index (χ2n) is 2.98. The lowest BCUT2D eigenvalue weighted by Gasteiger charge is -2.24. The lowest BCUT2D eigenvalue weighted by Crippen LogP contribution is -2.26. The molecule has 0 radical (unpaired) electrons. The third-order valence-electron chi connectivity index (χ3n) is 2.09. The molecule has 0 spiro atoms. The number of hydrogen-bond acceptors (Lipinski definition) is 3. The highest BCUT2D eigenvalue weighted by molar-refractivity contribution is 5.54. The van der Waals surface area contributed by atoms with Crippen LogP contribution in [-0.4, -0.2) is 26.3 Å². The summed E-state index contributed by atoms with van der Waals surface area (Å²) in [5, 5.41) is 0. The van der Waals surface area contributed by atoms with Crippen molar-refractivity contribution in [2.45, 2.75) is 13.2 Å². The Hall–Kier alpha value is -0.670. The fourth-order valence-corrected chi connectivity index (χ4v) is 1.13. The number of carbonyl (C=O) groups is 1. The van der Waals surface area contributed by atoms with Crippen LogP contribution in [0.15, 0.2) is 12.2 Å². The summed E-state index contributed by atoms with van der Waals surface area (Å²) in [5.74, 6) is 0.230. The molecule has 1 aliphatic heterocycles. The van der Waals surface area contributed by atoms with Crippen molar-refractivity contribution in [1.82, 2.24) is 0 Å². The normalized spacial score (nSPS) is 31.5. The summed E-state index contributed by atoms with van der Waals surface area (Å²) in [6, 6.07) is 0. The summed E-state index contributed by atoms with van der Waals surface area (Å²) in [6.07, 6.45) is 4.54. The molecule has 0 aromatic carbocycles. The molecule has 0 fully saturated rings. The summed E-state index contributed by atoms with van der Waals surface area (Å²) in [6.45, 7) is 2.45. The monoisotopic (exact) mass is 170 g/mol. The highest BCUT2D eigenvalue weighted by atomic mass is 16.7. The molecular formula is C9H14O3. The first-order chi connectivity index (χ1) is 5.77. The number of aldehydes is 1. The van der Waals surface area contributed by atoms with E-state index in [9.17, 15) is 4.79 Å². The Morgan fingerprint density at radius 3 is 2.83 bits per heavy atom. The maximum Gasteiger partial charge on any atom is 0.176 e. The van der Waals surface area contributed by atoms with E-state index < -0.39 is 0 Å². The van der Waals surface area contributed by atoms with E-state index in [4.69, 9.17) is 9.47 Å². The van der Waals surface area contributed by atoms with Crippen LogP contribution in [0, 0.1) is 11.8 Å². The Kier molecular flexibility index (Phi) is 3.44. The van der Waals surface area contributed by atoms with Gasteiger partial charge < -0.3 is 14.3 Å². The number of rotatable bonds is 3.